The first kappa shape index (κ1) is 12.6. The maximum Gasteiger partial charge on any atom is 0.139 e. The van der Waals surface area contributed by atoms with Crippen molar-refractivity contribution in [3.05, 3.63) is 57.6 Å². The number of nitrogens with zero attached hydrogens (tertiary/aromatic N) is 1. The molecular formula is C15H13Cl2NO. The summed E-state index contributed by atoms with van der Waals surface area (Å²) in [6.45, 7) is 1.56. The third-order valence-electron chi connectivity index (χ3n) is 3.45. The second-order valence-corrected chi connectivity index (χ2v) is 5.54. The summed E-state index contributed by atoms with van der Waals surface area (Å²) in [6, 6.07) is 11.6. The van der Waals surface area contributed by atoms with Crippen LogP contribution in [0.2, 0.25) is 10.0 Å². The van der Waals surface area contributed by atoms with E-state index >= 15 is 0 Å². The summed E-state index contributed by atoms with van der Waals surface area (Å²) in [5, 5.41) is 10.9. The maximum atomic E-state index is 10.0. The van der Waals surface area contributed by atoms with Crippen LogP contribution in [0.25, 0.3) is 0 Å². The van der Waals surface area contributed by atoms with E-state index in [2.05, 4.69) is 23.1 Å². The first-order valence-electron chi connectivity index (χ1n) is 6.15. The number of phenolic OH excluding ortho intramolecular Hbond substituents is 1. The van der Waals surface area contributed by atoms with Gasteiger partial charge in [-0.15, -0.1) is 0 Å². The molecule has 3 rings (SSSR count). The highest BCUT2D eigenvalue weighted by Gasteiger charge is 2.20. The fourth-order valence-electron chi connectivity index (χ4n) is 2.52. The number of para-hydroxylation sites is 1. The lowest BCUT2D eigenvalue weighted by Crippen LogP contribution is -2.19. The zero-order valence-electron chi connectivity index (χ0n) is 10.2. The minimum Gasteiger partial charge on any atom is -0.506 e. The summed E-state index contributed by atoms with van der Waals surface area (Å²) < 4.78 is 0. The molecule has 19 heavy (non-hydrogen) atoms. The van der Waals surface area contributed by atoms with Gasteiger partial charge in [0, 0.05) is 29.4 Å². The third kappa shape index (κ3) is 2.38. The van der Waals surface area contributed by atoms with Gasteiger partial charge < -0.3 is 10.0 Å². The van der Waals surface area contributed by atoms with Gasteiger partial charge in [0.05, 0.1) is 5.02 Å². The van der Waals surface area contributed by atoms with Crippen LogP contribution >= 0.6 is 23.2 Å². The van der Waals surface area contributed by atoms with Gasteiger partial charge in [0.25, 0.3) is 0 Å². The SMILES string of the molecule is Oc1c(Cl)cc(Cl)cc1CN1CCc2ccccc21. The summed E-state index contributed by atoms with van der Waals surface area (Å²) in [7, 11) is 0. The number of hydrogen-bond acceptors (Lipinski definition) is 2. The van der Waals surface area contributed by atoms with Crippen LogP contribution in [0.4, 0.5) is 5.69 Å². The highest BCUT2D eigenvalue weighted by atomic mass is 35.5. The number of benzene rings is 2. The van der Waals surface area contributed by atoms with Crippen LogP contribution in [0.1, 0.15) is 11.1 Å². The highest BCUT2D eigenvalue weighted by Crippen LogP contribution is 2.35. The van der Waals surface area contributed by atoms with Gasteiger partial charge in [-0.3, -0.25) is 0 Å². The van der Waals surface area contributed by atoms with E-state index in [-0.39, 0.29) is 5.75 Å². The minimum atomic E-state index is 0.121. The van der Waals surface area contributed by atoms with Gasteiger partial charge >= 0.3 is 0 Å². The van der Waals surface area contributed by atoms with E-state index in [1.807, 2.05) is 6.07 Å². The largest absolute Gasteiger partial charge is 0.506 e. The summed E-state index contributed by atoms with van der Waals surface area (Å²) >= 11 is 11.9. The van der Waals surface area contributed by atoms with Crippen molar-refractivity contribution in [1.29, 1.82) is 0 Å². The monoisotopic (exact) mass is 293 g/mol. The Balaban J connectivity index is 1.92. The molecule has 0 saturated carbocycles. The summed E-state index contributed by atoms with van der Waals surface area (Å²) in [6.07, 6.45) is 1.03. The lowest BCUT2D eigenvalue weighted by atomic mass is 10.1. The Bertz CT molecular complexity index is 628. The molecular weight excluding hydrogens is 281 g/mol. The highest BCUT2D eigenvalue weighted by molar-refractivity contribution is 6.35. The van der Waals surface area contributed by atoms with Crippen LogP contribution in [0, 0.1) is 0 Å². The zero-order valence-corrected chi connectivity index (χ0v) is 11.7. The maximum absolute atomic E-state index is 10.0. The smallest absolute Gasteiger partial charge is 0.139 e. The Morgan fingerprint density at radius 2 is 1.95 bits per heavy atom. The van der Waals surface area contributed by atoms with Gasteiger partial charge in [-0.2, -0.15) is 0 Å². The predicted molar refractivity (Wildman–Crippen MR) is 79.3 cm³/mol. The predicted octanol–water partition coefficient (Wildman–Crippen LogP) is 4.26. The van der Waals surface area contributed by atoms with Crippen molar-refractivity contribution in [1.82, 2.24) is 0 Å². The van der Waals surface area contributed by atoms with Crippen LogP contribution in [0.15, 0.2) is 36.4 Å². The van der Waals surface area contributed by atoms with Crippen molar-refractivity contribution in [3.63, 3.8) is 0 Å². The van der Waals surface area contributed by atoms with Crippen LogP contribution in [-0.2, 0) is 13.0 Å². The molecule has 0 unspecified atom stereocenters. The number of halogens is 2. The molecule has 2 aromatic rings. The molecule has 1 N–H and O–H groups in total. The lowest BCUT2D eigenvalue weighted by Gasteiger charge is -2.20. The molecule has 1 aliphatic rings. The molecule has 0 aliphatic carbocycles. The van der Waals surface area contributed by atoms with E-state index < -0.39 is 0 Å². The van der Waals surface area contributed by atoms with Gasteiger partial charge in [0.15, 0.2) is 0 Å². The lowest BCUT2D eigenvalue weighted by molar-refractivity contribution is 0.467. The van der Waals surface area contributed by atoms with Gasteiger partial charge in [-0.05, 0) is 30.2 Å². The van der Waals surface area contributed by atoms with E-state index in [1.54, 1.807) is 12.1 Å². The van der Waals surface area contributed by atoms with Crippen molar-refractivity contribution in [2.24, 2.45) is 0 Å². The molecule has 0 fully saturated rings. The standard InChI is InChI=1S/C15H13Cl2NO/c16-12-7-11(15(19)13(17)8-12)9-18-6-5-10-3-1-2-4-14(10)18/h1-4,7-8,19H,5-6,9H2. The number of rotatable bonds is 2. The molecule has 0 amide bonds. The first-order valence-corrected chi connectivity index (χ1v) is 6.90. The van der Waals surface area contributed by atoms with Crippen LogP contribution in [0.3, 0.4) is 0 Å². The van der Waals surface area contributed by atoms with Gasteiger partial charge in [0.2, 0.25) is 0 Å². The zero-order chi connectivity index (χ0) is 13.4. The Morgan fingerprint density at radius 1 is 1.16 bits per heavy atom. The van der Waals surface area contributed by atoms with Crippen molar-refractivity contribution in [2.75, 3.05) is 11.4 Å². The van der Waals surface area contributed by atoms with E-state index in [0.29, 0.717) is 16.6 Å². The Kier molecular flexibility index (Phi) is 3.29. The molecule has 1 heterocycles. The number of phenols is 1. The number of fused-ring (bicyclic) bond motifs is 1. The Hall–Kier alpha value is -1.38. The molecule has 0 aromatic heterocycles. The number of hydrogen-bond donors (Lipinski definition) is 1. The number of anilines is 1. The van der Waals surface area contributed by atoms with E-state index in [0.717, 1.165) is 18.5 Å². The molecule has 0 atom stereocenters. The fourth-order valence-corrected chi connectivity index (χ4v) is 3.05. The van der Waals surface area contributed by atoms with Crippen molar-refractivity contribution < 1.29 is 5.11 Å². The molecule has 0 bridgehead atoms. The summed E-state index contributed by atoms with van der Waals surface area (Å²) in [5.41, 5.74) is 3.32. The van der Waals surface area contributed by atoms with Gasteiger partial charge in [-0.1, -0.05) is 41.4 Å². The average molecular weight is 294 g/mol. The summed E-state index contributed by atoms with van der Waals surface area (Å²) in [5.74, 6) is 0.121. The molecule has 4 heteroatoms. The average Bonchev–Trinajstić information content (AvgIpc) is 2.79. The molecule has 2 nitrogen and oxygen atoms in total. The molecule has 0 saturated heterocycles. The Morgan fingerprint density at radius 3 is 2.79 bits per heavy atom. The molecule has 0 radical (unpaired) electrons. The molecule has 2 aromatic carbocycles. The van der Waals surface area contributed by atoms with Crippen molar-refractivity contribution >= 4 is 28.9 Å². The third-order valence-corrected chi connectivity index (χ3v) is 3.96. The van der Waals surface area contributed by atoms with Gasteiger partial charge in [0.1, 0.15) is 5.75 Å². The number of aromatic hydroxyl groups is 1. The molecule has 1 aliphatic heterocycles. The van der Waals surface area contributed by atoms with Gasteiger partial charge in [-0.25, -0.2) is 0 Å². The van der Waals surface area contributed by atoms with E-state index in [4.69, 9.17) is 23.2 Å². The molecule has 98 valence electrons. The minimum absolute atomic E-state index is 0.121. The second kappa shape index (κ2) is 4.95. The topological polar surface area (TPSA) is 23.5 Å². The summed E-state index contributed by atoms with van der Waals surface area (Å²) in [4.78, 5) is 2.23. The Labute approximate surface area is 122 Å². The molecule has 0 spiro atoms. The van der Waals surface area contributed by atoms with E-state index in [1.165, 1.54) is 11.3 Å². The second-order valence-electron chi connectivity index (χ2n) is 4.70. The van der Waals surface area contributed by atoms with Crippen molar-refractivity contribution in [2.45, 2.75) is 13.0 Å². The van der Waals surface area contributed by atoms with Crippen LogP contribution in [-0.4, -0.2) is 11.7 Å². The quantitative estimate of drug-likeness (QED) is 0.894. The van der Waals surface area contributed by atoms with E-state index in [9.17, 15) is 5.11 Å². The first-order chi connectivity index (χ1) is 9.15. The van der Waals surface area contributed by atoms with Crippen LogP contribution in [0.5, 0.6) is 5.75 Å². The normalized spacial score (nSPS) is 13.7. The van der Waals surface area contributed by atoms with Crippen LogP contribution < -0.4 is 4.90 Å². The van der Waals surface area contributed by atoms with Crippen molar-refractivity contribution in [3.8, 4) is 5.75 Å². The fraction of sp³-hybridized carbons (Fsp3) is 0.200.